The van der Waals surface area contributed by atoms with Gasteiger partial charge in [0.1, 0.15) is 0 Å². The van der Waals surface area contributed by atoms with Crippen LogP contribution in [0.1, 0.15) is 63.4 Å². The minimum absolute atomic E-state index is 0.0716. The first-order chi connectivity index (χ1) is 11.2. The van der Waals surface area contributed by atoms with Gasteiger partial charge in [0, 0.05) is 22.5 Å². The highest BCUT2D eigenvalue weighted by Crippen LogP contribution is 2.49. The number of ether oxygens (including phenoxy) is 2. The van der Waals surface area contributed by atoms with Crippen LogP contribution in [0.5, 0.6) is 11.5 Å². The van der Waals surface area contributed by atoms with Gasteiger partial charge < -0.3 is 15.2 Å². The van der Waals surface area contributed by atoms with Gasteiger partial charge in [-0.25, -0.2) is 0 Å². The Hall–Kier alpha value is -0.930. The molecule has 0 bridgehead atoms. The van der Waals surface area contributed by atoms with Crippen LogP contribution in [-0.4, -0.2) is 19.8 Å². The average molecular weight is 338 g/mol. The van der Waals surface area contributed by atoms with Gasteiger partial charge in [0.15, 0.2) is 11.5 Å². The quantitative estimate of drug-likeness (QED) is 0.836. The third-order valence-corrected chi connectivity index (χ3v) is 5.92. The summed E-state index contributed by atoms with van der Waals surface area (Å²) in [4.78, 5) is 0. The Morgan fingerprint density at radius 3 is 2.43 bits per heavy atom. The molecular formula is C19H28ClNO2. The standard InChI is InChI=1S/C19H28ClNO2/c1-22-16-10-9-15(20)17(18(16)23-14-7-3-4-8-14)19(13-21)11-5-2-6-12-19/h9-10,14H,2-8,11-13,21H2,1H3. The Kier molecular flexibility index (Phi) is 5.38. The Balaban J connectivity index is 2.05. The van der Waals surface area contributed by atoms with Crippen molar-refractivity contribution >= 4 is 11.6 Å². The Morgan fingerprint density at radius 1 is 1.13 bits per heavy atom. The Labute approximate surface area is 144 Å². The number of halogens is 1. The molecule has 3 rings (SSSR count). The predicted octanol–water partition coefficient (Wildman–Crippen LogP) is 4.83. The smallest absolute Gasteiger partial charge is 0.166 e. The number of methoxy groups -OCH3 is 1. The van der Waals surface area contributed by atoms with E-state index in [1.165, 1.54) is 32.1 Å². The number of benzene rings is 1. The van der Waals surface area contributed by atoms with Crippen molar-refractivity contribution in [2.24, 2.45) is 5.73 Å². The van der Waals surface area contributed by atoms with E-state index in [4.69, 9.17) is 26.8 Å². The molecule has 2 saturated carbocycles. The van der Waals surface area contributed by atoms with E-state index in [-0.39, 0.29) is 11.5 Å². The summed E-state index contributed by atoms with van der Waals surface area (Å²) in [6.07, 6.45) is 10.8. The first-order valence-electron chi connectivity index (χ1n) is 8.94. The van der Waals surface area contributed by atoms with Gasteiger partial charge in [0.25, 0.3) is 0 Å². The number of nitrogens with two attached hydrogens (primary N) is 1. The Bertz CT molecular complexity index is 534. The van der Waals surface area contributed by atoms with E-state index >= 15 is 0 Å². The highest BCUT2D eigenvalue weighted by atomic mass is 35.5. The molecule has 4 heteroatoms. The van der Waals surface area contributed by atoms with Gasteiger partial charge in [-0.1, -0.05) is 30.9 Å². The van der Waals surface area contributed by atoms with Crippen LogP contribution >= 0.6 is 11.6 Å². The average Bonchev–Trinajstić information content (AvgIpc) is 3.09. The van der Waals surface area contributed by atoms with Crippen LogP contribution in [0.4, 0.5) is 0 Å². The maximum atomic E-state index is 6.65. The van der Waals surface area contributed by atoms with Crippen molar-refractivity contribution in [1.82, 2.24) is 0 Å². The Morgan fingerprint density at radius 2 is 1.83 bits per heavy atom. The fraction of sp³-hybridized carbons (Fsp3) is 0.684. The molecule has 0 amide bonds. The topological polar surface area (TPSA) is 44.5 Å². The second-order valence-corrected chi connectivity index (χ2v) is 7.43. The summed E-state index contributed by atoms with van der Waals surface area (Å²) in [6.45, 7) is 0.612. The summed E-state index contributed by atoms with van der Waals surface area (Å²) >= 11 is 6.65. The molecule has 0 spiro atoms. The molecule has 1 aromatic carbocycles. The van der Waals surface area contributed by atoms with Gasteiger partial charge in [0.2, 0.25) is 0 Å². The molecule has 3 nitrogen and oxygen atoms in total. The van der Waals surface area contributed by atoms with Crippen LogP contribution in [0.2, 0.25) is 5.02 Å². The highest BCUT2D eigenvalue weighted by molar-refractivity contribution is 6.31. The van der Waals surface area contributed by atoms with Crippen molar-refractivity contribution in [3.05, 3.63) is 22.7 Å². The highest BCUT2D eigenvalue weighted by Gasteiger charge is 2.38. The summed E-state index contributed by atoms with van der Waals surface area (Å²) < 4.78 is 12.0. The monoisotopic (exact) mass is 337 g/mol. The van der Waals surface area contributed by atoms with Crippen LogP contribution in [0.3, 0.4) is 0 Å². The van der Waals surface area contributed by atoms with E-state index in [1.807, 2.05) is 12.1 Å². The molecular weight excluding hydrogens is 310 g/mol. The summed E-state index contributed by atoms with van der Waals surface area (Å²) in [5.74, 6) is 1.63. The third kappa shape index (κ3) is 3.32. The normalized spacial score (nSPS) is 21.3. The lowest BCUT2D eigenvalue weighted by atomic mass is 9.69. The molecule has 0 heterocycles. The largest absolute Gasteiger partial charge is 0.493 e. The molecule has 2 aliphatic carbocycles. The lowest BCUT2D eigenvalue weighted by Gasteiger charge is -2.39. The van der Waals surface area contributed by atoms with E-state index in [1.54, 1.807) is 7.11 Å². The molecule has 23 heavy (non-hydrogen) atoms. The van der Waals surface area contributed by atoms with E-state index in [0.717, 1.165) is 47.8 Å². The van der Waals surface area contributed by atoms with Gasteiger partial charge in [0.05, 0.1) is 13.2 Å². The zero-order valence-electron chi connectivity index (χ0n) is 14.1. The van der Waals surface area contributed by atoms with Gasteiger partial charge in [-0.05, 0) is 50.7 Å². The second kappa shape index (κ2) is 7.31. The lowest BCUT2D eigenvalue weighted by molar-refractivity contribution is 0.189. The van der Waals surface area contributed by atoms with E-state index in [9.17, 15) is 0 Å². The fourth-order valence-electron chi connectivity index (χ4n) is 4.27. The van der Waals surface area contributed by atoms with Crippen molar-refractivity contribution in [2.45, 2.75) is 69.3 Å². The summed E-state index contributed by atoms with van der Waals surface area (Å²) in [7, 11) is 1.70. The van der Waals surface area contributed by atoms with Crippen molar-refractivity contribution < 1.29 is 9.47 Å². The van der Waals surface area contributed by atoms with Crippen LogP contribution in [-0.2, 0) is 5.41 Å². The van der Waals surface area contributed by atoms with E-state index in [0.29, 0.717) is 6.54 Å². The van der Waals surface area contributed by atoms with Crippen LogP contribution < -0.4 is 15.2 Å². The predicted molar refractivity (Wildman–Crippen MR) is 94.7 cm³/mol. The molecule has 2 aliphatic rings. The van der Waals surface area contributed by atoms with Crippen molar-refractivity contribution in [1.29, 1.82) is 0 Å². The fourth-order valence-corrected chi connectivity index (χ4v) is 4.62. The zero-order valence-corrected chi connectivity index (χ0v) is 14.8. The molecule has 0 radical (unpaired) electrons. The van der Waals surface area contributed by atoms with Crippen molar-refractivity contribution in [2.75, 3.05) is 13.7 Å². The van der Waals surface area contributed by atoms with Gasteiger partial charge in [-0.15, -0.1) is 0 Å². The van der Waals surface area contributed by atoms with Crippen LogP contribution in [0.25, 0.3) is 0 Å². The van der Waals surface area contributed by atoms with Gasteiger partial charge in [-0.2, -0.15) is 0 Å². The van der Waals surface area contributed by atoms with Crippen LogP contribution in [0, 0.1) is 0 Å². The molecule has 0 unspecified atom stereocenters. The molecule has 128 valence electrons. The summed E-state index contributed by atoms with van der Waals surface area (Å²) in [6, 6.07) is 3.85. The zero-order chi connectivity index (χ0) is 16.3. The molecule has 2 N–H and O–H groups in total. The van der Waals surface area contributed by atoms with Crippen molar-refractivity contribution in [3.8, 4) is 11.5 Å². The molecule has 0 atom stereocenters. The lowest BCUT2D eigenvalue weighted by Crippen LogP contribution is -2.38. The van der Waals surface area contributed by atoms with Gasteiger partial charge >= 0.3 is 0 Å². The summed E-state index contributed by atoms with van der Waals surface area (Å²) in [5.41, 5.74) is 7.27. The number of hydrogen-bond acceptors (Lipinski definition) is 3. The van der Waals surface area contributed by atoms with E-state index in [2.05, 4.69) is 0 Å². The molecule has 0 aliphatic heterocycles. The minimum atomic E-state index is -0.0716. The maximum absolute atomic E-state index is 6.65. The third-order valence-electron chi connectivity index (χ3n) is 5.61. The van der Waals surface area contributed by atoms with Crippen LogP contribution in [0.15, 0.2) is 12.1 Å². The molecule has 1 aromatic rings. The maximum Gasteiger partial charge on any atom is 0.166 e. The SMILES string of the molecule is COc1ccc(Cl)c(C2(CN)CCCCC2)c1OC1CCCC1. The molecule has 0 aromatic heterocycles. The first-order valence-corrected chi connectivity index (χ1v) is 9.32. The molecule has 0 saturated heterocycles. The number of rotatable bonds is 5. The van der Waals surface area contributed by atoms with Gasteiger partial charge in [-0.3, -0.25) is 0 Å². The molecule has 2 fully saturated rings. The van der Waals surface area contributed by atoms with E-state index < -0.39 is 0 Å². The van der Waals surface area contributed by atoms with Crippen molar-refractivity contribution in [3.63, 3.8) is 0 Å². The second-order valence-electron chi connectivity index (χ2n) is 7.02. The summed E-state index contributed by atoms with van der Waals surface area (Å²) in [5, 5.41) is 0.770. The number of hydrogen-bond donors (Lipinski definition) is 1. The first kappa shape index (κ1) is 16.9. The minimum Gasteiger partial charge on any atom is -0.493 e.